The Morgan fingerprint density at radius 2 is 2.12 bits per heavy atom. The molecular weight excluding hydrogens is 243 g/mol. The molecule has 2 nitrogen and oxygen atoms in total. The first kappa shape index (κ1) is 11.5. The molecule has 0 aromatic heterocycles. The number of alkyl halides is 1. The summed E-state index contributed by atoms with van der Waals surface area (Å²) in [5.74, 6) is 0. The van der Waals surface area contributed by atoms with Crippen LogP contribution in [0, 0.1) is 0 Å². The molecular formula is C13H14ClFO2. The van der Waals surface area contributed by atoms with Crippen LogP contribution in [0.25, 0.3) is 0 Å². The van der Waals surface area contributed by atoms with Gasteiger partial charge in [0.1, 0.15) is 12.3 Å². The fourth-order valence-corrected chi connectivity index (χ4v) is 2.77. The molecule has 2 heterocycles. The molecule has 1 saturated heterocycles. The highest BCUT2D eigenvalue weighted by Crippen LogP contribution is 2.40. The van der Waals surface area contributed by atoms with Crippen molar-refractivity contribution in [3.8, 4) is 0 Å². The average molecular weight is 257 g/mol. The molecule has 0 amide bonds. The van der Waals surface area contributed by atoms with E-state index < -0.39 is 6.17 Å². The Kier molecular flexibility index (Phi) is 3.07. The minimum Gasteiger partial charge on any atom is -0.375 e. The second kappa shape index (κ2) is 4.56. The lowest BCUT2D eigenvalue weighted by Crippen LogP contribution is -2.27. The molecule has 0 radical (unpaired) electrons. The summed E-state index contributed by atoms with van der Waals surface area (Å²) < 4.78 is 25.0. The summed E-state index contributed by atoms with van der Waals surface area (Å²) in [4.78, 5) is 0. The molecule has 17 heavy (non-hydrogen) atoms. The predicted molar refractivity (Wildman–Crippen MR) is 63.0 cm³/mol. The van der Waals surface area contributed by atoms with Crippen molar-refractivity contribution < 1.29 is 13.9 Å². The van der Waals surface area contributed by atoms with Crippen molar-refractivity contribution in [1.29, 1.82) is 0 Å². The lowest BCUT2D eigenvalue weighted by Gasteiger charge is -2.31. The van der Waals surface area contributed by atoms with E-state index in [-0.39, 0.29) is 18.8 Å². The molecule has 0 aliphatic carbocycles. The summed E-state index contributed by atoms with van der Waals surface area (Å²) in [6.45, 7) is 0.865. The van der Waals surface area contributed by atoms with Crippen LogP contribution in [-0.2, 0) is 9.47 Å². The van der Waals surface area contributed by atoms with Gasteiger partial charge >= 0.3 is 0 Å². The number of halogens is 2. The monoisotopic (exact) mass is 256 g/mol. The number of hydrogen-bond acceptors (Lipinski definition) is 2. The summed E-state index contributed by atoms with van der Waals surface area (Å²) in [5.41, 5.74) is 1.55. The van der Waals surface area contributed by atoms with Gasteiger partial charge in [-0.1, -0.05) is 17.7 Å². The Bertz CT molecular complexity index is 418. The largest absolute Gasteiger partial charge is 0.375 e. The molecule has 3 rings (SSSR count). The highest BCUT2D eigenvalue weighted by Gasteiger charge is 2.35. The molecule has 2 aliphatic heterocycles. The number of ether oxygens (including phenoxy) is 2. The van der Waals surface area contributed by atoms with Gasteiger partial charge in [-0.3, -0.25) is 0 Å². The van der Waals surface area contributed by atoms with Crippen molar-refractivity contribution in [2.75, 3.05) is 13.2 Å². The number of benzene rings is 1. The van der Waals surface area contributed by atoms with E-state index in [9.17, 15) is 4.39 Å². The first-order valence-electron chi connectivity index (χ1n) is 5.92. The zero-order valence-corrected chi connectivity index (χ0v) is 10.1. The third kappa shape index (κ3) is 2.07. The number of hydrogen-bond donors (Lipinski definition) is 0. The quantitative estimate of drug-likeness (QED) is 0.764. The van der Waals surface area contributed by atoms with Crippen molar-refractivity contribution in [3.63, 3.8) is 0 Å². The van der Waals surface area contributed by atoms with Gasteiger partial charge < -0.3 is 9.47 Å². The van der Waals surface area contributed by atoms with E-state index in [2.05, 4.69) is 0 Å². The average Bonchev–Trinajstić information content (AvgIpc) is 2.84. The van der Waals surface area contributed by atoms with E-state index in [1.807, 2.05) is 6.07 Å². The van der Waals surface area contributed by atoms with Crippen LogP contribution in [0.5, 0.6) is 0 Å². The molecule has 3 atom stereocenters. The lowest BCUT2D eigenvalue weighted by molar-refractivity contribution is -0.0766. The smallest absolute Gasteiger partial charge is 0.149 e. The van der Waals surface area contributed by atoms with Crippen LogP contribution in [-0.4, -0.2) is 19.3 Å². The molecule has 1 aromatic carbocycles. The third-order valence-electron chi connectivity index (χ3n) is 3.42. The third-order valence-corrected chi connectivity index (χ3v) is 3.65. The summed E-state index contributed by atoms with van der Waals surface area (Å²) in [6, 6.07) is 5.34. The fraction of sp³-hybridized carbons (Fsp3) is 0.538. The second-order valence-electron chi connectivity index (χ2n) is 4.55. The first-order valence-corrected chi connectivity index (χ1v) is 6.30. The van der Waals surface area contributed by atoms with Crippen LogP contribution in [0.4, 0.5) is 4.39 Å². The molecule has 4 heteroatoms. The normalized spacial score (nSPS) is 32.5. The van der Waals surface area contributed by atoms with Gasteiger partial charge in [0, 0.05) is 11.6 Å². The maximum atomic E-state index is 13.8. The Labute approximate surface area is 105 Å². The second-order valence-corrected chi connectivity index (χ2v) is 4.98. The van der Waals surface area contributed by atoms with E-state index in [1.54, 1.807) is 12.1 Å². The lowest BCUT2D eigenvalue weighted by atomic mass is 9.92. The predicted octanol–water partition coefficient (Wildman–Crippen LogP) is 3.60. The van der Waals surface area contributed by atoms with Crippen molar-refractivity contribution >= 4 is 11.6 Å². The molecule has 0 N–H and O–H groups in total. The molecule has 1 fully saturated rings. The van der Waals surface area contributed by atoms with Gasteiger partial charge in [0.2, 0.25) is 0 Å². The summed E-state index contributed by atoms with van der Waals surface area (Å²) >= 11 is 5.91. The van der Waals surface area contributed by atoms with E-state index in [4.69, 9.17) is 21.1 Å². The van der Waals surface area contributed by atoms with Gasteiger partial charge in [-0.15, -0.1) is 0 Å². The van der Waals surface area contributed by atoms with Crippen LogP contribution < -0.4 is 0 Å². The zero-order chi connectivity index (χ0) is 11.8. The SMILES string of the molecule is F[C@H]1CO[C@@H](C2CCCO2)c2ccc(Cl)cc21. The van der Waals surface area contributed by atoms with E-state index in [1.165, 1.54) is 0 Å². The highest BCUT2D eigenvalue weighted by molar-refractivity contribution is 6.30. The first-order chi connectivity index (χ1) is 8.25. The fourth-order valence-electron chi connectivity index (χ4n) is 2.59. The maximum Gasteiger partial charge on any atom is 0.149 e. The van der Waals surface area contributed by atoms with Gasteiger partial charge in [-0.05, 0) is 36.1 Å². The molecule has 0 bridgehead atoms. The van der Waals surface area contributed by atoms with Crippen LogP contribution >= 0.6 is 11.6 Å². The summed E-state index contributed by atoms with van der Waals surface area (Å²) in [5, 5.41) is 0.569. The highest BCUT2D eigenvalue weighted by atomic mass is 35.5. The molecule has 92 valence electrons. The van der Waals surface area contributed by atoms with Gasteiger partial charge in [-0.25, -0.2) is 4.39 Å². The molecule has 2 aliphatic rings. The van der Waals surface area contributed by atoms with E-state index >= 15 is 0 Å². The van der Waals surface area contributed by atoms with Gasteiger partial charge in [0.15, 0.2) is 0 Å². The van der Waals surface area contributed by atoms with E-state index in [0.717, 1.165) is 25.0 Å². The summed E-state index contributed by atoms with van der Waals surface area (Å²) in [7, 11) is 0. The summed E-state index contributed by atoms with van der Waals surface area (Å²) in [6.07, 6.45) is 0.858. The van der Waals surface area contributed by atoms with Crippen LogP contribution in [0.2, 0.25) is 5.02 Å². The van der Waals surface area contributed by atoms with Crippen molar-refractivity contribution in [2.24, 2.45) is 0 Å². The van der Waals surface area contributed by atoms with Crippen LogP contribution in [0.1, 0.15) is 36.2 Å². The topological polar surface area (TPSA) is 18.5 Å². The molecule has 1 aromatic rings. The minimum atomic E-state index is -1.08. The number of fused-ring (bicyclic) bond motifs is 1. The maximum absolute atomic E-state index is 13.8. The molecule has 1 unspecified atom stereocenters. The zero-order valence-electron chi connectivity index (χ0n) is 9.36. The Hall–Kier alpha value is -0.640. The molecule has 0 saturated carbocycles. The van der Waals surface area contributed by atoms with Crippen molar-refractivity contribution in [1.82, 2.24) is 0 Å². The van der Waals surface area contributed by atoms with Gasteiger partial charge in [0.05, 0.1) is 12.7 Å². The Balaban J connectivity index is 1.96. The van der Waals surface area contributed by atoms with E-state index in [0.29, 0.717) is 10.6 Å². The standard InChI is InChI=1S/C13H14ClFO2/c14-8-3-4-9-10(6-8)11(15)7-17-13(9)12-2-1-5-16-12/h3-4,6,11-13H,1-2,5,7H2/t11-,12?,13+/m0/s1. The molecule has 0 spiro atoms. The minimum absolute atomic E-state index is 0.0578. The van der Waals surface area contributed by atoms with Crippen molar-refractivity contribution in [3.05, 3.63) is 34.3 Å². The van der Waals surface area contributed by atoms with Crippen molar-refractivity contribution in [2.45, 2.75) is 31.2 Å². The van der Waals surface area contributed by atoms with Crippen LogP contribution in [0.3, 0.4) is 0 Å². The Morgan fingerprint density at radius 1 is 1.24 bits per heavy atom. The van der Waals surface area contributed by atoms with Crippen LogP contribution in [0.15, 0.2) is 18.2 Å². The van der Waals surface area contributed by atoms with Gasteiger partial charge in [0.25, 0.3) is 0 Å². The Morgan fingerprint density at radius 3 is 2.88 bits per heavy atom. The number of rotatable bonds is 1. The van der Waals surface area contributed by atoms with Gasteiger partial charge in [-0.2, -0.15) is 0 Å².